The number of hydrogen-bond acceptors (Lipinski definition) is 8. The largest absolute Gasteiger partial charge is 0.481 e. The van der Waals surface area contributed by atoms with Crippen LogP contribution in [0.4, 0.5) is 11.8 Å². The van der Waals surface area contributed by atoms with Crippen LogP contribution in [0.2, 0.25) is 0 Å². The predicted octanol–water partition coefficient (Wildman–Crippen LogP) is 1.09. The molecule has 28 heavy (non-hydrogen) atoms. The summed E-state index contributed by atoms with van der Waals surface area (Å²) in [6.07, 6.45) is 1.01. The molecule has 3 rings (SSSR count). The second-order valence-corrected chi connectivity index (χ2v) is 7.59. The standard InChI is InChI=1S/C17H19N5O5S/c1-7(8-5-19-14-9(8)6-20-17(18)22-14)11-2-3-12(28-11)15(25)21-10(16(26)27)4-13(23)24/h2-3,6-8,10H,4-5H2,1H3,(H,21,25)(H,23,24)(H,26,27)(H3,18,19,20,22)/t7?,8?,10-/m0/s1. The minimum atomic E-state index is -1.48. The van der Waals surface area contributed by atoms with Crippen molar-refractivity contribution >= 4 is 40.9 Å². The molecule has 0 saturated carbocycles. The third-order valence-electron chi connectivity index (χ3n) is 4.61. The van der Waals surface area contributed by atoms with Gasteiger partial charge in [-0.1, -0.05) is 6.92 Å². The van der Waals surface area contributed by atoms with E-state index in [1.54, 1.807) is 12.3 Å². The highest BCUT2D eigenvalue weighted by Crippen LogP contribution is 2.41. The molecule has 0 fully saturated rings. The van der Waals surface area contributed by atoms with E-state index in [1.165, 1.54) is 11.3 Å². The van der Waals surface area contributed by atoms with Crippen LogP contribution in [-0.2, 0) is 9.59 Å². The van der Waals surface area contributed by atoms with Crippen molar-refractivity contribution in [3.8, 4) is 0 Å². The fraction of sp³-hybridized carbons (Fsp3) is 0.353. The Hall–Kier alpha value is -3.21. The van der Waals surface area contributed by atoms with Crippen molar-refractivity contribution in [2.24, 2.45) is 0 Å². The number of aliphatic carboxylic acids is 2. The van der Waals surface area contributed by atoms with Crippen molar-refractivity contribution < 1.29 is 24.6 Å². The predicted molar refractivity (Wildman–Crippen MR) is 102 cm³/mol. The number of anilines is 2. The number of carbonyl (C=O) groups excluding carboxylic acids is 1. The minimum absolute atomic E-state index is 0.0572. The van der Waals surface area contributed by atoms with Crippen LogP contribution in [0, 0.1) is 0 Å². The molecule has 1 amide bonds. The third-order valence-corrected chi connectivity index (χ3v) is 5.89. The lowest BCUT2D eigenvalue weighted by atomic mass is 9.89. The number of thiophene rings is 1. The molecule has 2 aromatic rings. The van der Waals surface area contributed by atoms with Gasteiger partial charge in [-0.05, 0) is 18.1 Å². The first-order valence-electron chi connectivity index (χ1n) is 8.47. The van der Waals surface area contributed by atoms with Gasteiger partial charge in [-0.3, -0.25) is 9.59 Å². The summed E-state index contributed by atoms with van der Waals surface area (Å²) in [5.41, 5.74) is 6.56. The first-order valence-corrected chi connectivity index (χ1v) is 9.29. The minimum Gasteiger partial charge on any atom is -0.481 e. The second kappa shape index (κ2) is 7.80. The highest BCUT2D eigenvalue weighted by molar-refractivity contribution is 7.14. The van der Waals surface area contributed by atoms with Crippen LogP contribution < -0.4 is 16.4 Å². The summed E-state index contributed by atoms with van der Waals surface area (Å²) >= 11 is 1.24. The van der Waals surface area contributed by atoms with Gasteiger partial charge in [0, 0.05) is 29.1 Å². The molecule has 3 atom stereocenters. The molecule has 6 N–H and O–H groups in total. The van der Waals surface area contributed by atoms with Gasteiger partial charge in [0.25, 0.3) is 5.91 Å². The number of nitrogens with one attached hydrogen (secondary N) is 2. The number of carboxylic acids is 2. The molecule has 0 spiro atoms. The monoisotopic (exact) mass is 405 g/mol. The molecule has 2 unspecified atom stereocenters. The van der Waals surface area contributed by atoms with Gasteiger partial charge < -0.3 is 26.6 Å². The molecular formula is C17H19N5O5S. The smallest absolute Gasteiger partial charge is 0.326 e. The summed E-state index contributed by atoms with van der Waals surface area (Å²) in [5, 5.41) is 23.3. The van der Waals surface area contributed by atoms with Crippen LogP contribution >= 0.6 is 11.3 Å². The maximum Gasteiger partial charge on any atom is 0.326 e. The van der Waals surface area contributed by atoms with Crippen LogP contribution in [0.3, 0.4) is 0 Å². The third kappa shape index (κ3) is 4.03. The van der Waals surface area contributed by atoms with E-state index in [0.717, 1.165) is 10.4 Å². The normalized spacial score (nSPS) is 17.2. The Balaban J connectivity index is 1.73. The van der Waals surface area contributed by atoms with E-state index < -0.39 is 30.3 Å². The number of amides is 1. The van der Waals surface area contributed by atoms with E-state index in [-0.39, 0.29) is 17.8 Å². The number of rotatable bonds is 7. The lowest BCUT2D eigenvalue weighted by Gasteiger charge is -2.17. The summed E-state index contributed by atoms with van der Waals surface area (Å²) < 4.78 is 0. The van der Waals surface area contributed by atoms with E-state index in [2.05, 4.69) is 20.6 Å². The second-order valence-electron chi connectivity index (χ2n) is 6.47. The Labute approximate surface area is 163 Å². The number of carboxylic acid groups (broad SMARTS) is 2. The Kier molecular flexibility index (Phi) is 5.45. The van der Waals surface area contributed by atoms with Crippen molar-refractivity contribution in [1.82, 2.24) is 15.3 Å². The summed E-state index contributed by atoms with van der Waals surface area (Å²) in [4.78, 5) is 43.7. The van der Waals surface area contributed by atoms with Crippen LogP contribution in [0.25, 0.3) is 0 Å². The van der Waals surface area contributed by atoms with Gasteiger partial charge in [0.2, 0.25) is 5.95 Å². The Morgan fingerprint density at radius 1 is 1.39 bits per heavy atom. The Bertz CT molecular complexity index is 930. The van der Waals surface area contributed by atoms with Crippen molar-refractivity contribution in [1.29, 1.82) is 0 Å². The zero-order chi connectivity index (χ0) is 20.4. The molecule has 11 heteroatoms. The van der Waals surface area contributed by atoms with Crippen molar-refractivity contribution in [3.05, 3.63) is 33.6 Å². The topological polar surface area (TPSA) is 168 Å². The van der Waals surface area contributed by atoms with E-state index in [0.29, 0.717) is 17.2 Å². The van der Waals surface area contributed by atoms with Crippen LogP contribution in [-0.4, -0.2) is 50.6 Å². The first kappa shape index (κ1) is 19.5. The zero-order valence-electron chi connectivity index (χ0n) is 14.9. The van der Waals surface area contributed by atoms with E-state index in [1.807, 2.05) is 13.0 Å². The van der Waals surface area contributed by atoms with Crippen molar-refractivity contribution in [2.75, 3.05) is 17.6 Å². The molecule has 0 bridgehead atoms. The fourth-order valence-corrected chi connectivity index (χ4v) is 4.13. The number of nitrogens with zero attached hydrogens (tertiary/aromatic N) is 2. The van der Waals surface area contributed by atoms with Gasteiger partial charge in [0.05, 0.1) is 11.3 Å². The highest BCUT2D eigenvalue weighted by atomic mass is 32.1. The molecule has 3 heterocycles. The summed E-state index contributed by atoms with van der Waals surface area (Å²) in [6, 6.07) is 1.93. The lowest BCUT2D eigenvalue weighted by molar-refractivity contribution is -0.145. The molecule has 148 valence electrons. The average Bonchev–Trinajstić information content (AvgIpc) is 3.27. The zero-order valence-corrected chi connectivity index (χ0v) is 15.7. The molecule has 1 aliphatic heterocycles. The van der Waals surface area contributed by atoms with Gasteiger partial charge >= 0.3 is 11.9 Å². The number of hydrogen-bond donors (Lipinski definition) is 5. The van der Waals surface area contributed by atoms with Crippen LogP contribution in [0.1, 0.15) is 45.3 Å². The summed E-state index contributed by atoms with van der Waals surface area (Å²) in [6.45, 7) is 2.68. The molecule has 0 aliphatic carbocycles. The van der Waals surface area contributed by atoms with Crippen molar-refractivity contribution in [2.45, 2.75) is 31.2 Å². The van der Waals surface area contributed by atoms with Crippen molar-refractivity contribution in [3.63, 3.8) is 0 Å². The highest BCUT2D eigenvalue weighted by Gasteiger charge is 2.31. The maximum atomic E-state index is 12.3. The van der Waals surface area contributed by atoms with Gasteiger partial charge in [-0.15, -0.1) is 11.3 Å². The number of carbonyl (C=O) groups is 3. The fourth-order valence-electron chi connectivity index (χ4n) is 3.10. The molecule has 1 aliphatic rings. The Morgan fingerprint density at radius 3 is 2.82 bits per heavy atom. The first-order chi connectivity index (χ1) is 13.3. The molecule has 0 saturated heterocycles. The van der Waals surface area contributed by atoms with E-state index in [9.17, 15) is 14.4 Å². The molecule has 0 radical (unpaired) electrons. The summed E-state index contributed by atoms with van der Waals surface area (Å²) in [7, 11) is 0. The number of fused-ring (bicyclic) bond motifs is 1. The van der Waals surface area contributed by atoms with E-state index >= 15 is 0 Å². The van der Waals surface area contributed by atoms with Gasteiger partial charge in [-0.25, -0.2) is 9.78 Å². The number of aromatic nitrogens is 2. The van der Waals surface area contributed by atoms with Gasteiger partial charge in [-0.2, -0.15) is 4.98 Å². The average molecular weight is 405 g/mol. The number of nitrogen functional groups attached to an aromatic ring is 1. The molecule has 10 nitrogen and oxygen atoms in total. The maximum absolute atomic E-state index is 12.3. The van der Waals surface area contributed by atoms with Gasteiger partial charge in [0.1, 0.15) is 11.9 Å². The summed E-state index contributed by atoms with van der Waals surface area (Å²) in [5.74, 6) is -2.25. The molecule has 0 aromatic carbocycles. The Morgan fingerprint density at radius 2 is 2.14 bits per heavy atom. The van der Waals surface area contributed by atoms with Crippen LogP contribution in [0.15, 0.2) is 18.3 Å². The SMILES string of the molecule is CC(c1ccc(C(=O)N[C@@H](CC(=O)O)C(=O)O)s1)C1CNc2nc(N)ncc21. The molecule has 2 aromatic heterocycles. The quantitative estimate of drug-likeness (QED) is 0.453. The van der Waals surface area contributed by atoms with E-state index in [4.69, 9.17) is 15.9 Å². The molecular weight excluding hydrogens is 386 g/mol. The van der Waals surface area contributed by atoms with Gasteiger partial charge in [0.15, 0.2) is 0 Å². The lowest BCUT2D eigenvalue weighted by Crippen LogP contribution is -2.41. The number of nitrogens with two attached hydrogens (primary N) is 1. The van der Waals surface area contributed by atoms with Crippen LogP contribution in [0.5, 0.6) is 0 Å².